The predicted octanol–water partition coefficient (Wildman–Crippen LogP) is 5.80. The van der Waals surface area contributed by atoms with Crippen LogP contribution in [0.3, 0.4) is 0 Å². The monoisotopic (exact) mass is 529 g/mol. The summed E-state index contributed by atoms with van der Waals surface area (Å²) in [5.74, 6) is -1.15. The standard InChI is InChI=1S/C25H25BrClN3O3/c1-13-8-16(26)6-7-20(13)30-23(32)18(22(31)28-24(30)33)10-15-9-17-14(2)12-25(3,4)29(5)21(17)11-19(15)27/h6-11,14H,12H2,1-5H3,(H,28,31,33)/b18-10-. The van der Waals surface area contributed by atoms with Crippen LogP contribution in [0, 0.1) is 6.92 Å². The Labute approximate surface area is 206 Å². The Kier molecular flexibility index (Phi) is 5.91. The average molecular weight is 531 g/mol. The molecule has 172 valence electrons. The van der Waals surface area contributed by atoms with Crippen LogP contribution in [0.2, 0.25) is 5.02 Å². The highest BCUT2D eigenvalue weighted by atomic mass is 79.9. The fourth-order valence-electron chi connectivity index (χ4n) is 4.62. The molecule has 2 aliphatic heterocycles. The Morgan fingerprint density at radius 3 is 2.52 bits per heavy atom. The van der Waals surface area contributed by atoms with Gasteiger partial charge in [-0.05, 0) is 86.2 Å². The number of halogens is 2. The van der Waals surface area contributed by atoms with Crippen LogP contribution in [0.4, 0.5) is 16.2 Å². The zero-order valence-corrected chi connectivity index (χ0v) is 21.5. The lowest BCUT2D eigenvalue weighted by Gasteiger charge is -2.45. The molecule has 0 saturated carbocycles. The largest absolute Gasteiger partial charge is 0.369 e. The Hall–Kier alpha value is -2.64. The zero-order chi connectivity index (χ0) is 24.2. The van der Waals surface area contributed by atoms with Gasteiger partial charge in [-0.1, -0.05) is 34.5 Å². The molecule has 0 radical (unpaired) electrons. The number of rotatable bonds is 2. The molecule has 2 heterocycles. The zero-order valence-electron chi connectivity index (χ0n) is 19.1. The summed E-state index contributed by atoms with van der Waals surface area (Å²) in [6.07, 6.45) is 2.43. The van der Waals surface area contributed by atoms with Gasteiger partial charge >= 0.3 is 6.03 Å². The SMILES string of the molecule is Cc1cc(Br)ccc1N1C(=O)NC(=O)/C(=C/c2cc3c(cc2Cl)N(C)C(C)(C)CC3C)C1=O. The number of nitrogens with zero attached hydrogens (tertiary/aromatic N) is 2. The third-order valence-electron chi connectivity index (χ3n) is 6.55. The number of nitrogens with one attached hydrogen (secondary N) is 1. The number of hydrogen-bond donors (Lipinski definition) is 1. The lowest BCUT2D eigenvalue weighted by molar-refractivity contribution is -0.122. The van der Waals surface area contributed by atoms with Crippen molar-refractivity contribution < 1.29 is 14.4 Å². The van der Waals surface area contributed by atoms with Gasteiger partial charge in [0.25, 0.3) is 11.8 Å². The number of carbonyl (C=O) groups is 3. The molecule has 0 spiro atoms. The van der Waals surface area contributed by atoms with E-state index in [0.717, 1.165) is 27.0 Å². The van der Waals surface area contributed by atoms with Gasteiger partial charge in [0.05, 0.1) is 5.69 Å². The van der Waals surface area contributed by atoms with Crippen molar-refractivity contribution >= 4 is 62.8 Å². The van der Waals surface area contributed by atoms with E-state index in [9.17, 15) is 14.4 Å². The third-order valence-corrected chi connectivity index (χ3v) is 7.37. The quantitative estimate of drug-likeness (QED) is 0.394. The number of carbonyl (C=O) groups excluding carboxylic acids is 3. The molecule has 33 heavy (non-hydrogen) atoms. The van der Waals surface area contributed by atoms with E-state index in [1.54, 1.807) is 25.1 Å². The van der Waals surface area contributed by atoms with Crippen molar-refractivity contribution in [2.75, 3.05) is 16.8 Å². The molecule has 2 aromatic rings. The fourth-order valence-corrected chi connectivity index (χ4v) is 5.30. The van der Waals surface area contributed by atoms with Crippen molar-refractivity contribution in [3.8, 4) is 0 Å². The first-order valence-corrected chi connectivity index (χ1v) is 11.8. The van der Waals surface area contributed by atoms with Crippen LogP contribution >= 0.6 is 27.5 Å². The highest BCUT2D eigenvalue weighted by molar-refractivity contribution is 9.10. The summed E-state index contributed by atoms with van der Waals surface area (Å²) < 4.78 is 0.823. The van der Waals surface area contributed by atoms with Crippen LogP contribution < -0.4 is 15.1 Å². The van der Waals surface area contributed by atoms with Crippen LogP contribution in [0.1, 0.15) is 49.8 Å². The molecule has 4 rings (SSSR count). The van der Waals surface area contributed by atoms with Crippen molar-refractivity contribution in [3.63, 3.8) is 0 Å². The normalized spacial score (nSPS) is 21.4. The van der Waals surface area contributed by atoms with Crippen molar-refractivity contribution in [2.24, 2.45) is 0 Å². The second kappa shape index (κ2) is 8.29. The number of imide groups is 2. The highest BCUT2D eigenvalue weighted by Crippen LogP contribution is 2.44. The van der Waals surface area contributed by atoms with Crippen molar-refractivity contribution in [3.05, 3.63) is 62.1 Å². The molecule has 0 bridgehead atoms. The van der Waals surface area contributed by atoms with E-state index in [0.29, 0.717) is 21.8 Å². The van der Waals surface area contributed by atoms with Gasteiger partial charge in [0, 0.05) is 27.8 Å². The maximum Gasteiger partial charge on any atom is 0.335 e. The van der Waals surface area contributed by atoms with Gasteiger partial charge in [0.15, 0.2) is 0 Å². The van der Waals surface area contributed by atoms with Gasteiger partial charge < -0.3 is 4.90 Å². The fraction of sp³-hybridized carbons (Fsp3) is 0.320. The van der Waals surface area contributed by atoms with Gasteiger partial charge in [-0.3, -0.25) is 14.9 Å². The van der Waals surface area contributed by atoms with Crippen molar-refractivity contribution in [1.29, 1.82) is 0 Å². The van der Waals surface area contributed by atoms with E-state index in [1.165, 1.54) is 6.08 Å². The molecule has 8 heteroatoms. The molecule has 0 aromatic heterocycles. The molecule has 1 atom stereocenters. The topological polar surface area (TPSA) is 69.7 Å². The number of aryl methyl sites for hydroxylation is 1. The molecular weight excluding hydrogens is 506 g/mol. The summed E-state index contributed by atoms with van der Waals surface area (Å²) in [6.45, 7) is 8.34. The smallest absolute Gasteiger partial charge is 0.335 e. The maximum atomic E-state index is 13.3. The number of benzene rings is 2. The van der Waals surface area contributed by atoms with Crippen LogP contribution in [-0.4, -0.2) is 30.4 Å². The van der Waals surface area contributed by atoms with Gasteiger partial charge in [-0.15, -0.1) is 0 Å². The van der Waals surface area contributed by atoms with Gasteiger partial charge in [-0.25, -0.2) is 9.69 Å². The maximum absolute atomic E-state index is 13.3. The summed E-state index contributed by atoms with van der Waals surface area (Å²) in [5.41, 5.74) is 3.67. The summed E-state index contributed by atoms with van der Waals surface area (Å²) in [4.78, 5) is 41.7. The summed E-state index contributed by atoms with van der Waals surface area (Å²) in [7, 11) is 2.04. The third kappa shape index (κ3) is 4.08. The summed E-state index contributed by atoms with van der Waals surface area (Å²) >= 11 is 9.99. The van der Waals surface area contributed by atoms with Gasteiger partial charge in [0.1, 0.15) is 5.57 Å². The number of anilines is 2. The molecular formula is C25H25BrClN3O3. The average Bonchev–Trinajstić information content (AvgIpc) is 2.71. The number of hydrogen-bond acceptors (Lipinski definition) is 4. The minimum Gasteiger partial charge on any atom is -0.369 e. The molecule has 4 amide bonds. The second-order valence-corrected chi connectivity index (χ2v) is 10.6. The summed E-state index contributed by atoms with van der Waals surface area (Å²) in [6, 6.07) is 8.25. The Bertz CT molecular complexity index is 1240. The predicted molar refractivity (Wildman–Crippen MR) is 135 cm³/mol. The first-order chi connectivity index (χ1) is 15.4. The second-order valence-electron chi connectivity index (χ2n) is 9.30. The Morgan fingerprint density at radius 2 is 1.85 bits per heavy atom. The summed E-state index contributed by atoms with van der Waals surface area (Å²) in [5, 5.41) is 2.71. The van der Waals surface area contributed by atoms with Crippen molar-refractivity contribution in [2.45, 2.75) is 45.6 Å². The van der Waals surface area contributed by atoms with Gasteiger partial charge in [-0.2, -0.15) is 0 Å². The van der Waals surface area contributed by atoms with Crippen LogP contribution in [-0.2, 0) is 9.59 Å². The lowest BCUT2D eigenvalue weighted by Crippen LogP contribution is -2.54. The van der Waals surface area contributed by atoms with Crippen LogP contribution in [0.25, 0.3) is 6.08 Å². The molecule has 2 aromatic carbocycles. The number of fused-ring (bicyclic) bond motifs is 1. The van der Waals surface area contributed by atoms with E-state index in [-0.39, 0.29) is 17.0 Å². The van der Waals surface area contributed by atoms with E-state index >= 15 is 0 Å². The van der Waals surface area contributed by atoms with Crippen LogP contribution in [0.5, 0.6) is 0 Å². The van der Waals surface area contributed by atoms with E-state index in [4.69, 9.17) is 11.6 Å². The first kappa shape index (κ1) is 23.5. The number of amides is 4. The Balaban J connectivity index is 1.78. The van der Waals surface area contributed by atoms with Gasteiger partial charge in [0.2, 0.25) is 0 Å². The minimum absolute atomic E-state index is 0.0155. The molecule has 0 aliphatic carbocycles. The molecule has 6 nitrogen and oxygen atoms in total. The highest BCUT2D eigenvalue weighted by Gasteiger charge is 2.38. The van der Waals surface area contributed by atoms with E-state index in [1.807, 2.05) is 19.2 Å². The Morgan fingerprint density at radius 1 is 1.15 bits per heavy atom. The number of barbiturate groups is 1. The van der Waals surface area contributed by atoms with E-state index in [2.05, 4.69) is 46.9 Å². The van der Waals surface area contributed by atoms with Crippen molar-refractivity contribution in [1.82, 2.24) is 5.32 Å². The molecule has 1 unspecified atom stereocenters. The molecule has 1 fully saturated rings. The van der Waals surface area contributed by atoms with E-state index < -0.39 is 17.8 Å². The minimum atomic E-state index is -0.776. The lowest BCUT2D eigenvalue weighted by atomic mass is 9.80. The molecule has 1 saturated heterocycles. The first-order valence-electron chi connectivity index (χ1n) is 10.7. The molecule has 2 aliphatic rings. The molecule has 1 N–H and O–H groups in total. The van der Waals surface area contributed by atoms with Crippen LogP contribution in [0.15, 0.2) is 40.4 Å². The number of urea groups is 1.